The molecule has 0 bridgehead atoms. The van der Waals surface area contributed by atoms with Crippen molar-refractivity contribution in [3.63, 3.8) is 0 Å². The third kappa shape index (κ3) is 4.89. The third-order valence-corrected chi connectivity index (χ3v) is 6.49. The first-order chi connectivity index (χ1) is 14.2. The zero-order valence-electron chi connectivity index (χ0n) is 17.8. The van der Waals surface area contributed by atoms with Gasteiger partial charge in [-0.05, 0) is 45.3 Å². The first kappa shape index (κ1) is 20.1. The average molecular weight is 395 g/mol. The highest BCUT2D eigenvalue weighted by Gasteiger charge is 2.24. The summed E-state index contributed by atoms with van der Waals surface area (Å²) in [6.45, 7) is 5.11. The highest BCUT2D eigenvalue weighted by molar-refractivity contribution is 5.76. The maximum absolute atomic E-state index is 12.9. The normalized spacial score (nSPS) is 18.2. The molecule has 1 saturated heterocycles. The van der Waals surface area contributed by atoms with Crippen LogP contribution >= 0.6 is 0 Å². The molecule has 0 atom stereocenters. The molecule has 0 spiro atoms. The first-order valence-corrected chi connectivity index (χ1v) is 11.3. The lowest BCUT2D eigenvalue weighted by Crippen LogP contribution is -2.34. The van der Waals surface area contributed by atoms with Crippen LogP contribution in [0.1, 0.15) is 49.8 Å². The molecule has 1 aromatic carbocycles. The van der Waals surface area contributed by atoms with E-state index in [1.54, 1.807) is 0 Å². The van der Waals surface area contributed by atoms with E-state index in [1.807, 2.05) is 17.8 Å². The fourth-order valence-electron chi connectivity index (χ4n) is 4.83. The van der Waals surface area contributed by atoms with Gasteiger partial charge < -0.3 is 9.80 Å². The molecule has 29 heavy (non-hydrogen) atoms. The third-order valence-electron chi connectivity index (χ3n) is 6.49. The number of nitrogens with zero attached hydrogens (tertiary/aromatic N) is 4. The van der Waals surface area contributed by atoms with Gasteiger partial charge in [0.05, 0.1) is 5.69 Å². The van der Waals surface area contributed by atoms with E-state index in [4.69, 9.17) is 5.10 Å². The Morgan fingerprint density at radius 2 is 1.69 bits per heavy atom. The number of benzene rings is 1. The van der Waals surface area contributed by atoms with Gasteiger partial charge in [-0.25, -0.2) is 0 Å². The van der Waals surface area contributed by atoms with E-state index < -0.39 is 0 Å². The lowest BCUT2D eigenvalue weighted by molar-refractivity contribution is -0.131. The summed E-state index contributed by atoms with van der Waals surface area (Å²) in [5, 5.41) is 4.79. The fraction of sp³-hybridized carbons (Fsp3) is 0.583. The van der Waals surface area contributed by atoms with E-state index >= 15 is 0 Å². The van der Waals surface area contributed by atoms with Crippen molar-refractivity contribution < 1.29 is 4.79 Å². The Morgan fingerprint density at radius 3 is 2.45 bits per heavy atom. The van der Waals surface area contributed by atoms with Crippen molar-refractivity contribution in [3.8, 4) is 11.3 Å². The smallest absolute Gasteiger partial charge is 0.222 e. The van der Waals surface area contributed by atoms with E-state index in [0.717, 1.165) is 44.6 Å². The van der Waals surface area contributed by atoms with Gasteiger partial charge in [0.2, 0.25) is 5.91 Å². The predicted octanol–water partition coefficient (Wildman–Crippen LogP) is 3.67. The molecule has 5 nitrogen and oxygen atoms in total. The van der Waals surface area contributed by atoms with Crippen molar-refractivity contribution in [2.24, 2.45) is 7.05 Å². The van der Waals surface area contributed by atoms with Crippen LogP contribution in [-0.4, -0.2) is 58.2 Å². The van der Waals surface area contributed by atoms with Gasteiger partial charge in [-0.3, -0.25) is 9.48 Å². The van der Waals surface area contributed by atoms with Gasteiger partial charge in [0.1, 0.15) is 0 Å². The highest BCUT2D eigenvalue weighted by Crippen LogP contribution is 2.28. The molecule has 2 aliphatic heterocycles. The Labute approximate surface area is 174 Å². The van der Waals surface area contributed by atoms with Gasteiger partial charge in [0, 0.05) is 49.8 Å². The van der Waals surface area contributed by atoms with Gasteiger partial charge in [0.15, 0.2) is 0 Å². The van der Waals surface area contributed by atoms with Crippen LogP contribution in [0.3, 0.4) is 0 Å². The minimum Gasteiger partial charge on any atom is -0.342 e. The van der Waals surface area contributed by atoms with E-state index in [-0.39, 0.29) is 0 Å². The number of fused-ring (bicyclic) bond motifs is 1. The Morgan fingerprint density at radius 1 is 0.966 bits per heavy atom. The number of carbonyl (C=O) groups excluding carboxylic acids is 1. The van der Waals surface area contributed by atoms with Gasteiger partial charge in [-0.1, -0.05) is 43.2 Å². The molecule has 4 rings (SSSR count). The first-order valence-electron chi connectivity index (χ1n) is 11.3. The number of aryl methyl sites for hydroxylation is 1. The number of hydrogen-bond acceptors (Lipinski definition) is 3. The van der Waals surface area contributed by atoms with Gasteiger partial charge in [0.25, 0.3) is 0 Å². The minimum atomic E-state index is 0.321. The summed E-state index contributed by atoms with van der Waals surface area (Å²) in [7, 11) is 2.03. The summed E-state index contributed by atoms with van der Waals surface area (Å²) >= 11 is 0. The summed E-state index contributed by atoms with van der Waals surface area (Å²) in [6, 6.07) is 10.4. The van der Waals surface area contributed by atoms with Crippen LogP contribution in [0.5, 0.6) is 0 Å². The standard InChI is InChI=1S/C24H34N4O/c1-26-22-14-19-28(23(29)12-9-17-27-15-7-2-3-8-16-27)18-13-21(22)24(25-26)20-10-5-4-6-11-20/h4-6,10-11H,2-3,7-9,12-19H2,1H3. The molecule has 5 heteroatoms. The quantitative estimate of drug-likeness (QED) is 0.777. The molecule has 0 N–H and O–H groups in total. The number of rotatable bonds is 5. The molecule has 0 unspecified atom stereocenters. The SMILES string of the molecule is Cn1nc(-c2ccccc2)c2c1CCN(C(=O)CCCN1CCCCCC1)CC2. The number of likely N-dealkylation sites (tertiary alicyclic amines) is 1. The number of amides is 1. The number of aromatic nitrogens is 2. The molecule has 156 valence electrons. The maximum Gasteiger partial charge on any atom is 0.222 e. The van der Waals surface area contributed by atoms with Crippen LogP contribution < -0.4 is 0 Å². The molecule has 1 fully saturated rings. The van der Waals surface area contributed by atoms with Crippen LogP contribution in [0.15, 0.2) is 30.3 Å². The van der Waals surface area contributed by atoms with Crippen molar-refractivity contribution in [2.75, 3.05) is 32.7 Å². The molecule has 2 aromatic rings. The minimum absolute atomic E-state index is 0.321. The summed E-state index contributed by atoms with van der Waals surface area (Å²) in [4.78, 5) is 17.5. The Bertz CT molecular complexity index is 806. The van der Waals surface area contributed by atoms with Crippen molar-refractivity contribution in [1.82, 2.24) is 19.6 Å². The van der Waals surface area contributed by atoms with Crippen LogP contribution in [0.4, 0.5) is 0 Å². The van der Waals surface area contributed by atoms with Crippen LogP contribution in [-0.2, 0) is 24.7 Å². The molecule has 1 aromatic heterocycles. The molecule has 0 saturated carbocycles. The Balaban J connectivity index is 1.34. The molecule has 0 aliphatic carbocycles. The van der Waals surface area contributed by atoms with Crippen molar-refractivity contribution in [2.45, 2.75) is 51.4 Å². The second-order valence-electron chi connectivity index (χ2n) is 8.50. The summed E-state index contributed by atoms with van der Waals surface area (Å²) in [6.07, 6.45) is 8.81. The van der Waals surface area contributed by atoms with Crippen molar-refractivity contribution in [1.29, 1.82) is 0 Å². The molecule has 0 radical (unpaired) electrons. The second kappa shape index (κ2) is 9.57. The van der Waals surface area contributed by atoms with Crippen molar-refractivity contribution >= 4 is 5.91 Å². The van der Waals surface area contributed by atoms with E-state index in [2.05, 4.69) is 34.1 Å². The van der Waals surface area contributed by atoms with Crippen LogP contribution in [0.2, 0.25) is 0 Å². The summed E-state index contributed by atoms with van der Waals surface area (Å²) < 4.78 is 2.02. The van der Waals surface area contributed by atoms with Gasteiger partial charge in [-0.15, -0.1) is 0 Å². The second-order valence-corrected chi connectivity index (χ2v) is 8.50. The Hall–Kier alpha value is -2.14. The number of carbonyl (C=O) groups is 1. The van der Waals surface area contributed by atoms with E-state index in [9.17, 15) is 4.79 Å². The zero-order valence-corrected chi connectivity index (χ0v) is 17.8. The summed E-state index contributed by atoms with van der Waals surface area (Å²) in [5.41, 5.74) is 4.85. The average Bonchev–Trinajstić information content (AvgIpc) is 2.97. The lowest BCUT2D eigenvalue weighted by atomic mass is 10.0. The van der Waals surface area contributed by atoms with Gasteiger partial charge >= 0.3 is 0 Å². The zero-order chi connectivity index (χ0) is 20.1. The largest absolute Gasteiger partial charge is 0.342 e. The van der Waals surface area contributed by atoms with Gasteiger partial charge in [-0.2, -0.15) is 5.10 Å². The summed E-state index contributed by atoms with van der Waals surface area (Å²) in [5.74, 6) is 0.321. The van der Waals surface area contributed by atoms with E-state index in [0.29, 0.717) is 12.3 Å². The topological polar surface area (TPSA) is 41.4 Å². The highest BCUT2D eigenvalue weighted by atomic mass is 16.2. The van der Waals surface area contributed by atoms with Crippen molar-refractivity contribution in [3.05, 3.63) is 41.6 Å². The van der Waals surface area contributed by atoms with Crippen LogP contribution in [0.25, 0.3) is 11.3 Å². The fourth-order valence-corrected chi connectivity index (χ4v) is 4.83. The molecule has 2 aliphatic rings. The van der Waals surface area contributed by atoms with E-state index in [1.165, 1.54) is 55.6 Å². The molecule has 3 heterocycles. The predicted molar refractivity (Wildman–Crippen MR) is 117 cm³/mol. The number of hydrogen-bond donors (Lipinski definition) is 0. The molecule has 1 amide bonds. The molecular formula is C24H34N4O. The molecular weight excluding hydrogens is 360 g/mol. The monoisotopic (exact) mass is 394 g/mol. The lowest BCUT2D eigenvalue weighted by Gasteiger charge is -2.22. The Kier molecular flexibility index (Phi) is 6.65. The maximum atomic E-state index is 12.9. The van der Waals surface area contributed by atoms with Crippen LogP contribution in [0, 0.1) is 0 Å².